The summed E-state index contributed by atoms with van der Waals surface area (Å²) in [5.41, 5.74) is 1.48. The van der Waals surface area contributed by atoms with Crippen LogP contribution in [0.25, 0.3) is 10.8 Å². The van der Waals surface area contributed by atoms with Gasteiger partial charge >= 0.3 is 0 Å². The van der Waals surface area contributed by atoms with E-state index < -0.39 is 0 Å². The van der Waals surface area contributed by atoms with E-state index in [0.717, 1.165) is 12.0 Å². The van der Waals surface area contributed by atoms with Gasteiger partial charge in [-0.05, 0) is 54.0 Å². The van der Waals surface area contributed by atoms with Gasteiger partial charge in [0.2, 0.25) is 0 Å². The van der Waals surface area contributed by atoms with Crippen LogP contribution in [-0.2, 0) is 0 Å². The van der Waals surface area contributed by atoms with Crippen molar-refractivity contribution in [3.05, 3.63) is 48.0 Å². The molecule has 2 fully saturated rings. The second-order valence-corrected chi connectivity index (χ2v) is 6.55. The molecule has 20 heavy (non-hydrogen) atoms. The Morgan fingerprint density at radius 3 is 2.60 bits per heavy atom. The summed E-state index contributed by atoms with van der Waals surface area (Å²) in [4.78, 5) is 0. The molecule has 3 atom stereocenters. The Hall–Kier alpha value is -1.34. The Kier molecular flexibility index (Phi) is 3.23. The van der Waals surface area contributed by atoms with Crippen LogP contribution in [0.2, 0.25) is 0 Å². The van der Waals surface area contributed by atoms with E-state index in [1.165, 1.54) is 54.9 Å². The summed E-state index contributed by atoms with van der Waals surface area (Å²) in [7, 11) is 0. The Morgan fingerprint density at radius 2 is 1.65 bits per heavy atom. The fraction of sp³-hybridized carbons (Fsp3) is 0.474. The molecular weight excluding hydrogens is 242 g/mol. The van der Waals surface area contributed by atoms with Gasteiger partial charge in [-0.15, -0.1) is 0 Å². The number of hydrogen-bond donors (Lipinski definition) is 1. The number of rotatable bonds is 1. The molecule has 2 aromatic carbocycles. The molecule has 0 amide bonds. The Labute approximate surface area is 121 Å². The van der Waals surface area contributed by atoms with E-state index in [-0.39, 0.29) is 0 Å². The van der Waals surface area contributed by atoms with E-state index >= 15 is 0 Å². The number of nitrogens with one attached hydrogen (secondary N) is 1. The first-order valence-corrected chi connectivity index (χ1v) is 8.15. The van der Waals surface area contributed by atoms with Gasteiger partial charge in [-0.3, -0.25) is 0 Å². The maximum atomic E-state index is 3.94. The zero-order valence-electron chi connectivity index (χ0n) is 12.0. The van der Waals surface area contributed by atoms with Crippen LogP contribution in [0, 0.1) is 5.92 Å². The molecule has 0 aromatic heterocycles. The largest absolute Gasteiger partial charge is 0.307 e. The molecule has 1 heteroatoms. The third kappa shape index (κ3) is 2.25. The Bertz CT molecular complexity index is 603. The number of piperidine rings is 1. The quantitative estimate of drug-likeness (QED) is 0.779. The minimum atomic E-state index is 0.568. The van der Waals surface area contributed by atoms with Crippen molar-refractivity contribution < 1.29 is 0 Å². The zero-order chi connectivity index (χ0) is 13.4. The van der Waals surface area contributed by atoms with Gasteiger partial charge in [0, 0.05) is 12.1 Å². The molecule has 1 heterocycles. The number of benzene rings is 2. The molecule has 2 aromatic rings. The van der Waals surface area contributed by atoms with Gasteiger partial charge in [-0.2, -0.15) is 0 Å². The highest BCUT2D eigenvalue weighted by atomic mass is 15.0. The topological polar surface area (TPSA) is 12.0 Å². The second-order valence-electron chi connectivity index (χ2n) is 6.55. The highest BCUT2D eigenvalue weighted by Gasteiger charge is 2.31. The van der Waals surface area contributed by atoms with Crippen molar-refractivity contribution in [2.75, 3.05) is 0 Å². The minimum absolute atomic E-state index is 0.568. The SMILES string of the molecule is c1ccc2cc(C3CCC4CCCCC4N3)ccc2c1. The highest BCUT2D eigenvalue weighted by Crippen LogP contribution is 2.37. The van der Waals surface area contributed by atoms with Gasteiger partial charge in [0.1, 0.15) is 0 Å². The van der Waals surface area contributed by atoms with Crippen molar-refractivity contribution in [1.29, 1.82) is 0 Å². The fourth-order valence-electron chi connectivity index (χ4n) is 4.18. The molecule has 2 aliphatic rings. The van der Waals surface area contributed by atoms with E-state index in [1.807, 2.05) is 0 Å². The molecule has 0 spiro atoms. The van der Waals surface area contributed by atoms with Gasteiger partial charge in [0.05, 0.1) is 0 Å². The average Bonchev–Trinajstić information content (AvgIpc) is 2.54. The smallest absolute Gasteiger partial charge is 0.0323 e. The molecule has 104 valence electrons. The standard InChI is InChI=1S/C19H23N/c1-2-7-16-13-17(10-9-14(16)5-1)19-12-11-15-6-3-4-8-18(15)20-19/h1-2,5,7,9-10,13,15,18-20H,3-4,6,8,11-12H2. The predicted molar refractivity (Wildman–Crippen MR) is 84.8 cm³/mol. The maximum absolute atomic E-state index is 3.94. The van der Waals surface area contributed by atoms with Crippen LogP contribution in [-0.4, -0.2) is 6.04 Å². The third-order valence-electron chi connectivity index (χ3n) is 5.33. The Balaban J connectivity index is 1.59. The van der Waals surface area contributed by atoms with E-state index in [2.05, 4.69) is 47.8 Å². The van der Waals surface area contributed by atoms with Crippen LogP contribution in [0.1, 0.15) is 50.1 Å². The molecule has 1 aliphatic carbocycles. The summed E-state index contributed by atoms with van der Waals surface area (Å²) < 4.78 is 0. The molecule has 1 saturated carbocycles. The predicted octanol–water partition coefficient (Wildman–Crippen LogP) is 4.82. The normalized spacial score (nSPS) is 30.1. The lowest BCUT2D eigenvalue weighted by molar-refractivity contribution is 0.177. The summed E-state index contributed by atoms with van der Waals surface area (Å²) in [5.74, 6) is 0.945. The van der Waals surface area contributed by atoms with E-state index in [4.69, 9.17) is 0 Å². The van der Waals surface area contributed by atoms with Gasteiger partial charge < -0.3 is 5.32 Å². The molecular formula is C19H23N. The summed E-state index contributed by atoms with van der Waals surface area (Å²) in [6.07, 6.45) is 8.41. The van der Waals surface area contributed by atoms with Crippen LogP contribution >= 0.6 is 0 Å². The molecule has 4 rings (SSSR count). The molecule has 0 radical (unpaired) electrons. The molecule has 1 saturated heterocycles. The first kappa shape index (κ1) is 12.4. The summed E-state index contributed by atoms with van der Waals surface area (Å²) >= 11 is 0. The second kappa shape index (κ2) is 5.21. The van der Waals surface area contributed by atoms with Crippen LogP contribution in [0.3, 0.4) is 0 Å². The van der Waals surface area contributed by atoms with Gasteiger partial charge in [0.15, 0.2) is 0 Å². The van der Waals surface area contributed by atoms with Crippen LogP contribution in [0.5, 0.6) is 0 Å². The fourth-order valence-corrected chi connectivity index (χ4v) is 4.18. The molecule has 3 unspecified atom stereocenters. The molecule has 1 aliphatic heterocycles. The van der Waals surface area contributed by atoms with Crippen molar-refractivity contribution >= 4 is 10.8 Å². The van der Waals surface area contributed by atoms with Crippen LogP contribution < -0.4 is 5.32 Å². The van der Waals surface area contributed by atoms with Crippen molar-refractivity contribution in [3.63, 3.8) is 0 Å². The Morgan fingerprint density at radius 1 is 0.800 bits per heavy atom. The zero-order valence-corrected chi connectivity index (χ0v) is 12.0. The summed E-state index contributed by atoms with van der Waals surface area (Å²) in [6.45, 7) is 0. The highest BCUT2D eigenvalue weighted by molar-refractivity contribution is 5.83. The minimum Gasteiger partial charge on any atom is -0.307 e. The lowest BCUT2D eigenvalue weighted by Crippen LogP contribution is -2.44. The van der Waals surface area contributed by atoms with Gasteiger partial charge in [-0.1, -0.05) is 49.2 Å². The van der Waals surface area contributed by atoms with Crippen LogP contribution in [0.4, 0.5) is 0 Å². The lowest BCUT2D eigenvalue weighted by atomic mass is 9.77. The first-order chi connectivity index (χ1) is 9.90. The van der Waals surface area contributed by atoms with Gasteiger partial charge in [-0.25, -0.2) is 0 Å². The number of hydrogen-bond acceptors (Lipinski definition) is 1. The molecule has 1 N–H and O–H groups in total. The third-order valence-corrected chi connectivity index (χ3v) is 5.33. The summed E-state index contributed by atoms with van der Waals surface area (Å²) in [5, 5.41) is 6.66. The van der Waals surface area contributed by atoms with E-state index in [9.17, 15) is 0 Å². The average molecular weight is 265 g/mol. The van der Waals surface area contributed by atoms with Crippen LogP contribution in [0.15, 0.2) is 42.5 Å². The lowest BCUT2D eigenvalue weighted by Gasteiger charge is -2.40. The van der Waals surface area contributed by atoms with Gasteiger partial charge in [0.25, 0.3) is 0 Å². The first-order valence-electron chi connectivity index (χ1n) is 8.15. The van der Waals surface area contributed by atoms with E-state index in [1.54, 1.807) is 0 Å². The number of fused-ring (bicyclic) bond motifs is 2. The summed E-state index contributed by atoms with van der Waals surface area (Å²) in [6, 6.07) is 17.0. The van der Waals surface area contributed by atoms with Crippen molar-refractivity contribution in [2.24, 2.45) is 5.92 Å². The van der Waals surface area contributed by atoms with Crippen molar-refractivity contribution in [3.8, 4) is 0 Å². The van der Waals surface area contributed by atoms with Crippen molar-refractivity contribution in [1.82, 2.24) is 5.32 Å². The van der Waals surface area contributed by atoms with Crippen molar-refractivity contribution in [2.45, 2.75) is 50.6 Å². The van der Waals surface area contributed by atoms with E-state index in [0.29, 0.717) is 6.04 Å². The molecule has 1 nitrogen and oxygen atoms in total. The maximum Gasteiger partial charge on any atom is 0.0323 e. The molecule has 0 bridgehead atoms. The monoisotopic (exact) mass is 265 g/mol.